The van der Waals surface area contributed by atoms with Crippen molar-refractivity contribution in [1.29, 1.82) is 0 Å². The maximum absolute atomic E-state index is 12.3. The molecule has 0 aliphatic rings. The normalized spacial score (nSPS) is 10.8. The average molecular weight is 325 g/mol. The van der Waals surface area contributed by atoms with Crippen molar-refractivity contribution in [2.24, 2.45) is 0 Å². The van der Waals surface area contributed by atoms with E-state index in [2.05, 4.69) is 15.4 Å². The highest BCUT2D eigenvalue weighted by Gasteiger charge is 2.19. The van der Waals surface area contributed by atoms with E-state index in [0.29, 0.717) is 34.8 Å². The van der Waals surface area contributed by atoms with Crippen LogP contribution < -0.4 is 11.1 Å². The summed E-state index contributed by atoms with van der Waals surface area (Å²) in [5.74, 6) is -0.437. The molecule has 0 fully saturated rings. The van der Waals surface area contributed by atoms with Crippen molar-refractivity contribution < 1.29 is 9.53 Å². The minimum atomic E-state index is -0.437. The predicted octanol–water partition coefficient (Wildman–Crippen LogP) is 2.95. The molecule has 2 heterocycles. The molecule has 7 heteroatoms. The molecule has 2 aromatic heterocycles. The lowest BCUT2D eigenvalue weighted by Crippen LogP contribution is -2.10. The number of aryl methyl sites for hydroxylation is 1. The van der Waals surface area contributed by atoms with Crippen LogP contribution in [0, 0.1) is 0 Å². The Labute approximate surface area is 139 Å². The Morgan fingerprint density at radius 2 is 2.08 bits per heavy atom. The van der Waals surface area contributed by atoms with E-state index in [4.69, 9.17) is 10.5 Å². The molecule has 0 amide bonds. The van der Waals surface area contributed by atoms with Gasteiger partial charge in [-0.3, -0.25) is 0 Å². The first-order chi connectivity index (χ1) is 11.7. The Balaban J connectivity index is 2.17. The van der Waals surface area contributed by atoms with Crippen LogP contribution in [-0.4, -0.2) is 27.3 Å². The number of carbonyl (C=O) groups excluding carboxylic acids is 1. The molecule has 0 spiro atoms. The van der Waals surface area contributed by atoms with Gasteiger partial charge in [-0.1, -0.05) is 12.1 Å². The van der Waals surface area contributed by atoms with Gasteiger partial charge in [-0.05, 0) is 26.0 Å². The molecule has 0 aliphatic carbocycles. The Hall–Kier alpha value is -3.09. The zero-order valence-corrected chi connectivity index (χ0v) is 13.6. The zero-order chi connectivity index (χ0) is 17.1. The molecule has 24 heavy (non-hydrogen) atoms. The summed E-state index contributed by atoms with van der Waals surface area (Å²) in [6, 6.07) is 7.36. The first kappa shape index (κ1) is 15.8. The second kappa shape index (κ2) is 6.57. The Morgan fingerprint density at radius 3 is 2.79 bits per heavy atom. The molecule has 3 rings (SSSR count). The van der Waals surface area contributed by atoms with Crippen LogP contribution in [0.1, 0.15) is 24.2 Å². The fraction of sp³-hybridized carbons (Fsp3) is 0.235. The van der Waals surface area contributed by atoms with Crippen LogP contribution in [0.4, 0.5) is 17.1 Å². The molecule has 0 aliphatic heterocycles. The summed E-state index contributed by atoms with van der Waals surface area (Å²) in [5.41, 5.74) is 8.95. The maximum Gasteiger partial charge on any atom is 0.341 e. The highest BCUT2D eigenvalue weighted by molar-refractivity contribution is 6.05. The van der Waals surface area contributed by atoms with Crippen LogP contribution in [0.3, 0.4) is 0 Å². The van der Waals surface area contributed by atoms with E-state index in [1.165, 1.54) is 6.20 Å². The standard InChI is InChI=1S/C17H19N5O2/c1-3-22-16-11(10-20-22)15(12(9-19-16)17(23)24-4-2)21-14-8-6-5-7-13(14)18/h5-10H,3-4,18H2,1-2H3,(H,19,21). The van der Waals surface area contributed by atoms with Crippen molar-refractivity contribution in [2.75, 3.05) is 17.7 Å². The van der Waals surface area contributed by atoms with Crippen molar-refractivity contribution in [1.82, 2.24) is 14.8 Å². The maximum atomic E-state index is 12.3. The van der Waals surface area contributed by atoms with Gasteiger partial charge in [-0.25, -0.2) is 14.5 Å². The molecule has 3 aromatic rings. The highest BCUT2D eigenvalue weighted by Crippen LogP contribution is 2.31. The fourth-order valence-corrected chi connectivity index (χ4v) is 2.50. The van der Waals surface area contributed by atoms with E-state index < -0.39 is 5.97 Å². The molecule has 0 unspecified atom stereocenters. The SMILES string of the molecule is CCOC(=O)c1cnc2c(cnn2CC)c1Nc1ccccc1N. The predicted molar refractivity (Wildman–Crippen MR) is 93.3 cm³/mol. The third kappa shape index (κ3) is 2.76. The molecule has 0 radical (unpaired) electrons. The van der Waals surface area contributed by atoms with Gasteiger partial charge < -0.3 is 15.8 Å². The summed E-state index contributed by atoms with van der Waals surface area (Å²) in [5, 5.41) is 8.30. The lowest BCUT2D eigenvalue weighted by atomic mass is 10.1. The summed E-state index contributed by atoms with van der Waals surface area (Å²) in [4.78, 5) is 16.7. The van der Waals surface area contributed by atoms with Crippen molar-refractivity contribution in [3.8, 4) is 0 Å². The lowest BCUT2D eigenvalue weighted by molar-refractivity contribution is 0.0527. The van der Waals surface area contributed by atoms with Gasteiger partial charge in [-0.15, -0.1) is 0 Å². The summed E-state index contributed by atoms with van der Waals surface area (Å²) in [6.45, 7) is 4.72. The number of para-hydroxylation sites is 2. The number of nitrogens with one attached hydrogen (secondary N) is 1. The number of carbonyl (C=O) groups is 1. The number of nitrogens with two attached hydrogens (primary N) is 1. The van der Waals surface area contributed by atoms with Crippen molar-refractivity contribution in [3.05, 3.63) is 42.2 Å². The van der Waals surface area contributed by atoms with Gasteiger partial charge in [0, 0.05) is 12.7 Å². The van der Waals surface area contributed by atoms with Crippen LogP contribution in [0.2, 0.25) is 0 Å². The van der Waals surface area contributed by atoms with Gasteiger partial charge in [0.1, 0.15) is 5.56 Å². The van der Waals surface area contributed by atoms with Crippen LogP contribution in [0.15, 0.2) is 36.7 Å². The van der Waals surface area contributed by atoms with Crippen LogP contribution in [0.25, 0.3) is 11.0 Å². The number of benzene rings is 1. The highest BCUT2D eigenvalue weighted by atomic mass is 16.5. The van der Waals surface area contributed by atoms with E-state index in [1.807, 2.05) is 25.1 Å². The molecule has 7 nitrogen and oxygen atoms in total. The van der Waals surface area contributed by atoms with E-state index in [0.717, 1.165) is 5.39 Å². The number of esters is 1. The number of hydrogen-bond acceptors (Lipinski definition) is 6. The van der Waals surface area contributed by atoms with E-state index in [-0.39, 0.29) is 6.61 Å². The molecule has 3 N–H and O–H groups in total. The first-order valence-corrected chi connectivity index (χ1v) is 7.78. The number of fused-ring (bicyclic) bond motifs is 1. The number of rotatable bonds is 5. The molecular weight excluding hydrogens is 306 g/mol. The topological polar surface area (TPSA) is 95.1 Å². The summed E-state index contributed by atoms with van der Waals surface area (Å²) in [6.07, 6.45) is 3.20. The van der Waals surface area contributed by atoms with E-state index in [1.54, 1.807) is 23.9 Å². The third-order valence-corrected chi connectivity index (χ3v) is 3.68. The third-order valence-electron chi connectivity index (χ3n) is 3.68. The number of pyridine rings is 1. The van der Waals surface area contributed by atoms with E-state index >= 15 is 0 Å². The quantitative estimate of drug-likeness (QED) is 0.553. The average Bonchev–Trinajstić information content (AvgIpc) is 3.00. The first-order valence-electron chi connectivity index (χ1n) is 7.78. The summed E-state index contributed by atoms with van der Waals surface area (Å²) in [7, 11) is 0. The van der Waals surface area contributed by atoms with Gasteiger partial charge >= 0.3 is 5.97 Å². The molecule has 0 saturated carbocycles. The minimum Gasteiger partial charge on any atom is -0.462 e. The van der Waals surface area contributed by atoms with Gasteiger partial charge in [0.25, 0.3) is 0 Å². The molecule has 0 saturated heterocycles. The molecular formula is C17H19N5O2. The Morgan fingerprint density at radius 1 is 1.29 bits per heavy atom. The van der Waals surface area contributed by atoms with Crippen molar-refractivity contribution >= 4 is 34.1 Å². The number of hydrogen-bond donors (Lipinski definition) is 2. The van der Waals surface area contributed by atoms with Gasteiger partial charge in [0.2, 0.25) is 0 Å². The van der Waals surface area contributed by atoms with Crippen LogP contribution >= 0.6 is 0 Å². The number of aromatic nitrogens is 3. The number of nitrogens with zero attached hydrogens (tertiary/aromatic N) is 3. The molecule has 0 bridgehead atoms. The van der Waals surface area contributed by atoms with Crippen LogP contribution in [-0.2, 0) is 11.3 Å². The lowest BCUT2D eigenvalue weighted by Gasteiger charge is -2.14. The number of ether oxygens (including phenoxy) is 1. The number of nitrogen functional groups attached to an aromatic ring is 1. The summed E-state index contributed by atoms with van der Waals surface area (Å²) < 4.78 is 6.91. The largest absolute Gasteiger partial charge is 0.462 e. The van der Waals surface area contributed by atoms with Gasteiger partial charge in [0.05, 0.1) is 35.3 Å². The summed E-state index contributed by atoms with van der Waals surface area (Å²) >= 11 is 0. The smallest absolute Gasteiger partial charge is 0.341 e. The Bertz CT molecular complexity index is 888. The van der Waals surface area contributed by atoms with E-state index in [9.17, 15) is 4.79 Å². The number of anilines is 3. The second-order valence-electron chi connectivity index (χ2n) is 5.18. The monoisotopic (exact) mass is 325 g/mol. The molecule has 1 aromatic carbocycles. The van der Waals surface area contributed by atoms with Gasteiger partial charge in [0.15, 0.2) is 5.65 Å². The van der Waals surface area contributed by atoms with Gasteiger partial charge in [-0.2, -0.15) is 5.10 Å². The fourth-order valence-electron chi connectivity index (χ4n) is 2.50. The van der Waals surface area contributed by atoms with Crippen LogP contribution in [0.5, 0.6) is 0 Å². The zero-order valence-electron chi connectivity index (χ0n) is 13.6. The molecule has 124 valence electrons. The Kier molecular flexibility index (Phi) is 4.33. The minimum absolute atomic E-state index is 0.290. The second-order valence-corrected chi connectivity index (χ2v) is 5.18. The molecule has 0 atom stereocenters. The van der Waals surface area contributed by atoms with Crippen molar-refractivity contribution in [3.63, 3.8) is 0 Å². The van der Waals surface area contributed by atoms with Crippen molar-refractivity contribution in [2.45, 2.75) is 20.4 Å².